The van der Waals surface area contributed by atoms with Gasteiger partial charge in [-0.25, -0.2) is 19.9 Å². The molecule has 2 aromatic rings. The smallest absolute Gasteiger partial charge is 0.324 e. The molecule has 0 aliphatic carbocycles. The van der Waals surface area contributed by atoms with E-state index in [2.05, 4.69) is 19.9 Å². The Morgan fingerprint density at radius 3 is 1.53 bits per heavy atom. The van der Waals surface area contributed by atoms with Crippen LogP contribution in [0.5, 0.6) is 12.0 Å². The van der Waals surface area contributed by atoms with Crippen LogP contribution in [-0.2, 0) is 9.59 Å². The lowest BCUT2D eigenvalue weighted by Gasteiger charge is -2.02. The van der Waals surface area contributed by atoms with Crippen LogP contribution in [0.15, 0.2) is 36.9 Å². The van der Waals surface area contributed by atoms with E-state index in [0.29, 0.717) is 0 Å². The molecule has 0 N–H and O–H groups in total. The highest BCUT2D eigenvalue weighted by Crippen LogP contribution is 2.02. The SMILES string of the molecule is O=C(CC(=O)Oc1ncccn1)Oc1ncccn1. The molecule has 0 aliphatic heterocycles. The maximum absolute atomic E-state index is 11.4. The van der Waals surface area contributed by atoms with Gasteiger partial charge < -0.3 is 9.47 Å². The molecule has 2 rings (SSSR count). The molecule has 96 valence electrons. The summed E-state index contributed by atoms with van der Waals surface area (Å²) in [5.41, 5.74) is 0. The second kappa shape index (κ2) is 6.15. The Morgan fingerprint density at radius 1 is 0.789 bits per heavy atom. The van der Waals surface area contributed by atoms with Crippen LogP contribution in [0, 0.1) is 0 Å². The van der Waals surface area contributed by atoms with Crippen LogP contribution in [-0.4, -0.2) is 31.9 Å². The van der Waals surface area contributed by atoms with Crippen molar-refractivity contribution in [1.29, 1.82) is 0 Å². The van der Waals surface area contributed by atoms with Crippen molar-refractivity contribution in [2.45, 2.75) is 6.42 Å². The maximum Gasteiger partial charge on any atom is 0.324 e. The number of nitrogens with zero attached hydrogens (tertiary/aromatic N) is 4. The maximum atomic E-state index is 11.4. The second-order valence-electron chi connectivity index (χ2n) is 3.19. The van der Waals surface area contributed by atoms with Crippen LogP contribution in [0.4, 0.5) is 0 Å². The first-order valence-corrected chi connectivity index (χ1v) is 5.19. The van der Waals surface area contributed by atoms with Gasteiger partial charge >= 0.3 is 24.0 Å². The van der Waals surface area contributed by atoms with E-state index in [4.69, 9.17) is 9.47 Å². The summed E-state index contributed by atoms with van der Waals surface area (Å²) in [6.45, 7) is 0. The van der Waals surface area contributed by atoms with Gasteiger partial charge in [-0.2, -0.15) is 0 Å². The number of carbonyl (C=O) groups is 2. The number of ether oxygens (including phenoxy) is 2. The molecule has 0 unspecified atom stereocenters. The van der Waals surface area contributed by atoms with Crippen LogP contribution in [0.3, 0.4) is 0 Å². The topological polar surface area (TPSA) is 104 Å². The van der Waals surface area contributed by atoms with Gasteiger partial charge in [0.15, 0.2) is 0 Å². The van der Waals surface area contributed by atoms with E-state index in [1.807, 2.05) is 0 Å². The van der Waals surface area contributed by atoms with Crippen molar-refractivity contribution in [1.82, 2.24) is 19.9 Å². The first kappa shape index (κ1) is 12.6. The van der Waals surface area contributed by atoms with Gasteiger partial charge in [0.1, 0.15) is 6.42 Å². The fraction of sp³-hybridized carbons (Fsp3) is 0.0909. The predicted molar refractivity (Wildman–Crippen MR) is 60.0 cm³/mol. The first-order valence-electron chi connectivity index (χ1n) is 5.19. The molecule has 8 heteroatoms. The molecular formula is C11H8N4O4. The van der Waals surface area contributed by atoms with Gasteiger partial charge in [-0.15, -0.1) is 0 Å². The standard InChI is InChI=1S/C11H8N4O4/c16-8(18-10-12-3-1-4-13-10)7-9(17)19-11-14-5-2-6-15-11/h1-6H,7H2. The van der Waals surface area contributed by atoms with E-state index in [-0.39, 0.29) is 12.0 Å². The van der Waals surface area contributed by atoms with E-state index in [9.17, 15) is 9.59 Å². The van der Waals surface area contributed by atoms with Crippen molar-refractivity contribution in [2.75, 3.05) is 0 Å². The Kier molecular flexibility index (Phi) is 4.06. The molecule has 0 atom stereocenters. The zero-order valence-electron chi connectivity index (χ0n) is 9.59. The summed E-state index contributed by atoms with van der Waals surface area (Å²) in [7, 11) is 0. The lowest BCUT2D eigenvalue weighted by atomic mass is 10.4. The zero-order valence-corrected chi connectivity index (χ0v) is 9.59. The molecule has 0 saturated heterocycles. The number of hydrogen-bond acceptors (Lipinski definition) is 8. The minimum absolute atomic E-state index is 0.128. The van der Waals surface area contributed by atoms with Crippen molar-refractivity contribution >= 4 is 11.9 Å². The summed E-state index contributed by atoms with van der Waals surface area (Å²) in [5, 5.41) is 0. The molecular weight excluding hydrogens is 252 g/mol. The third kappa shape index (κ3) is 4.11. The summed E-state index contributed by atoms with van der Waals surface area (Å²) < 4.78 is 9.44. The Bertz CT molecular complexity index is 510. The minimum atomic E-state index is -0.827. The molecule has 0 bridgehead atoms. The van der Waals surface area contributed by atoms with Crippen molar-refractivity contribution < 1.29 is 19.1 Å². The monoisotopic (exact) mass is 260 g/mol. The second-order valence-corrected chi connectivity index (χ2v) is 3.19. The third-order valence-corrected chi connectivity index (χ3v) is 1.78. The zero-order chi connectivity index (χ0) is 13.5. The molecule has 0 saturated carbocycles. The molecule has 8 nitrogen and oxygen atoms in total. The van der Waals surface area contributed by atoms with E-state index >= 15 is 0 Å². The van der Waals surface area contributed by atoms with Gasteiger partial charge in [-0.3, -0.25) is 9.59 Å². The molecule has 0 aliphatic rings. The Morgan fingerprint density at radius 2 is 1.16 bits per heavy atom. The largest absolute Gasteiger partial charge is 0.390 e. The van der Waals surface area contributed by atoms with Gasteiger partial charge in [0.2, 0.25) is 0 Å². The highest BCUT2D eigenvalue weighted by atomic mass is 16.6. The molecule has 2 heterocycles. The van der Waals surface area contributed by atoms with Crippen molar-refractivity contribution in [2.24, 2.45) is 0 Å². The van der Waals surface area contributed by atoms with Crippen molar-refractivity contribution in [3.05, 3.63) is 36.9 Å². The minimum Gasteiger partial charge on any atom is -0.390 e. The summed E-state index contributed by atoms with van der Waals surface area (Å²) in [4.78, 5) is 37.5. The highest BCUT2D eigenvalue weighted by molar-refractivity contribution is 5.92. The lowest BCUT2D eigenvalue weighted by molar-refractivity contribution is -0.144. The lowest BCUT2D eigenvalue weighted by Crippen LogP contribution is -2.19. The Balaban J connectivity index is 1.84. The molecule has 0 fully saturated rings. The third-order valence-electron chi connectivity index (χ3n) is 1.78. The van der Waals surface area contributed by atoms with Crippen LogP contribution < -0.4 is 9.47 Å². The quantitative estimate of drug-likeness (QED) is 0.565. The van der Waals surface area contributed by atoms with Crippen LogP contribution in [0.2, 0.25) is 0 Å². The molecule has 0 radical (unpaired) electrons. The molecule has 0 aromatic carbocycles. The fourth-order valence-corrected chi connectivity index (χ4v) is 1.07. The van der Waals surface area contributed by atoms with Gasteiger partial charge in [-0.05, 0) is 12.1 Å². The van der Waals surface area contributed by atoms with Crippen LogP contribution in [0.25, 0.3) is 0 Å². The van der Waals surface area contributed by atoms with E-state index in [0.717, 1.165) is 0 Å². The summed E-state index contributed by atoms with van der Waals surface area (Å²) >= 11 is 0. The van der Waals surface area contributed by atoms with Gasteiger partial charge in [0.25, 0.3) is 0 Å². The molecule has 0 amide bonds. The van der Waals surface area contributed by atoms with Gasteiger partial charge in [0, 0.05) is 24.8 Å². The average molecular weight is 260 g/mol. The number of hydrogen-bond donors (Lipinski definition) is 0. The van der Waals surface area contributed by atoms with Crippen molar-refractivity contribution in [3.63, 3.8) is 0 Å². The van der Waals surface area contributed by atoms with Crippen LogP contribution >= 0.6 is 0 Å². The normalized spacial score (nSPS) is 9.68. The number of aromatic nitrogens is 4. The number of carbonyl (C=O) groups excluding carboxylic acids is 2. The number of rotatable bonds is 4. The van der Waals surface area contributed by atoms with Gasteiger partial charge in [0.05, 0.1) is 0 Å². The first-order chi connectivity index (χ1) is 9.24. The fourth-order valence-electron chi connectivity index (χ4n) is 1.07. The van der Waals surface area contributed by atoms with Crippen LogP contribution in [0.1, 0.15) is 6.42 Å². The summed E-state index contributed by atoms with van der Waals surface area (Å²) in [6.07, 6.45) is 5.05. The summed E-state index contributed by atoms with van der Waals surface area (Å²) in [6, 6.07) is 2.88. The molecule has 0 spiro atoms. The van der Waals surface area contributed by atoms with E-state index in [1.54, 1.807) is 12.1 Å². The number of esters is 2. The molecule has 2 aromatic heterocycles. The Hall–Kier alpha value is -2.90. The average Bonchev–Trinajstić information content (AvgIpc) is 2.40. The summed E-state index contributed by atoms with van der Waals surface area (Å²) in [5.74, 6) is -1.65. The van der Waals surface area contributed by atoms with Crippen molar-refractivity contribution in [3.8, 4) is 12.0 Å². The molecule has 19 heavy (non-hydrogen) atoms. The van der Waals surface area contributed by atoms with E-state index < -0.39 is 18.4 Å². The Labute approximate surface area is 107 Å². The predicted octanol–water partition coefficient (Wildman–Crippen LogP) is 0.168. The van der Waals surface area contributed by atoms with Gasteiger partial charge in [-0.1, -0.05) is 0 Å². The highest BCUT2D eigenvalue weighted by Gasteiger charge is 2.15. The van der Waals surface area contributed by atoms with E-state index in [1.165, 1.54) is 24.8 Å².